The van der Waals surface area contributed by atoms with Crippen molar-refractivity contribution in [1.82, 2.24) is 0 Å². The first-order valence-corrected chi connectivity index (χ1v) is 32.3. The molecule has 0 aliphatic rings. The van der Waals surface area contributed by atoms with E-state index in [1.54, 1.807) is 13.2 Å². The lowest BCUT2D eigenvalue weighted by Gasteiger charge is -2.46. The smallest absolute Gasteiger partial charge is 0.200 e. The lowest BCUT2D eigenvalue weighted by molar-refractivity contribution is -0.484. The second-order valence-corrected chi connectivity index (χ2v) is 37.0. The van der Waals surface area contributed by atoms with E-state index < -0.39 is 216 Å². The number of halogens is 61. The predicted octanol–water partition coefficient (Wildman–Crippen LogP) is 24.1. The fourth-order valence-electron chi connectivity index (χ4n) is 6.07. The Bertz CT molecular complexity index is 2680. The van der Waals surface area contributed by atoms with Gasteiger partial charge in [0.2, 0.25) is 6.69 Å². The third kappa shape index (κ3) is 13.5. The first-order chi connectivity index (χ1) is 42.0. The van der Waals surface area contributed by atoms with Gasteiger partial charge < -0.3 is 0 Å². The van der Waals surface area contributed by atoms with Gasteiger partial charge in [-0.1, -0.05) is 13.2 Å². The summed E-state index contributed by atoms with van der Waals surface area (Å²) in [4.78, 5) is 0. The van der Waals surface area contributed by atoms with Crippen molar-refractivity contribution in [2.45, 2.75) is 197 Å². The summed E-state index contributed by atoms with van der Waals surface area (Å²) in [5.74, 6) is -252. The van der Waals surface area contributed by atoms with Crippen LogP contribution in [0.4, 0.5) is 246 Å². The molecule has 63 heteroatoms. The highest BCUT2D eigenvalue weighted by atomic mass is 35.8. The number of allylic oxidation sites excluding steroid dienone is 2. The highest BCUT2D eigenvalue weighted by Gasteiger charge is 3.03. The van der Waals surface area contributed by atoms with Crippen LogP contribution in [0, 0.1) is 0 Å². The van der Waals surface area contributed by atoms with Gasteiger partial charge in [-0.2, -0.15) is 246 Å². The highest BCUT2D eigenvalue weighted by molar-refractivity contribution is 7.64. The van der Waals surface area contributed by atoms with Crippen LogP contribution in [0.25, 0.3) is 0 Å². The molecule has 0 rings (SSSR count). The maximum Gasteiger partial charge on any atom is 0.385 e. The quantitative estimate of drug-likeness (QED) is 0.0261. The van der Waals surface area contributed by atoms with Gasteiger partial charge in [0.15, 0.2) is 0 Å². The monoisotopic (exact) mass is 1760 g/mol. The molecule has 0 amide bonds. The maximum atomic E-state index is 13.9. The number of alkyl halides is 56. The van der Waals surface area contributed by atoms with E-state index in [1.807, 2.05) is 0 Å². The van der Waals surface area contributed by atoms with Gasteiger partial charge in [0.1, 0.15) is 0 Å². The molecule has 0 aromatic rings. The standard InChI is InChI=1S/C19H10Cl2F28Si.C18H7Cl3F28Si/c1-3-6(22,23)8(26,27)10(30,31)12(34,35)14(38,39)16(42,43)18(46,47)19(48,49)17(44,45)15(40,41)13(36,37)11(32,33)9(28,29)7(24,25)4-5-50(2,20)21;1-2-5(22,23)7(26,27)9(30,31)11(34,35)13(38,39)15(42,43)17(46,47)18(48,49)16(44,45)14(40,41)12(36,37)10(32,33)8(28,29)6(24,25)3-4-50(19,20)21/h3H,1,4-5H2,2H3;2H,1,3-4H2. The number of rotatable bonds is 34. The average Bonchev–Trinajstić information content (AvgIpc) is 0.686. The van der Waals surface area contributed by atoms with Crippen molar-refractivity contribution in [2.75, 3.05) is 0 Å². The van der Waals surface area contributed by atoms with Crippen molar-refractivity contribution >= 4 is 68.1 Å². The second kappa shape index (κ2) is 26.1. The molecule has 0 heterocycles. The Balaban J connectivity index is 0. The molecule has 0 saturated carbocycles. The van der Waals surface area contributed by atoms with Crippen LogP contribution in [-0.4, -0.2) is 179 Å². The van der Waals surface area contributed by atoms with Gasteiger partial charge in [0.25, 0.3) is 0 Å². The molecule has 0 aliphatic heterocycles. The maximum absolute atomic E-state index is 13.9. The molecular weight excluding hydrogens is 1740 g/mol. The average molecular weight is 1760 g/mol. The first kappa shape index (κ1) is 99.5. The number of hydrogen-bond acceptors (Lipinski definition) is 0. The van der Waals surface area contributed by atoms with Crippen molar-refractivity contribution in [3.05, 3.63) is 25.3 Å². The van der Waals surface area contributed by atoms with Crippen molar-refractivity contribution in [2.24, 2.45) is 0 Å². The molecule has 0 spiro atoms. The summed E-state index contributed by atoms with van der Waals surface area (Å²) in [5, 5.41) is 0. The third-order valence-electron chi connectivity index (χ3n) is 12.5. The van der Waals surface area contributed by atoms with E-state index in [1.165, 1.54) is 0 Å². The summed E-state index contributed by atoms with van der Waals surface area (Å²) in [6, 6.07) is -8.58. The van der Waals surface area contributed by atoms with E-state index in [2.05, 4.69) is 0 Å². The van der Waals surface area contributed by atoms with E-state index in [0.29, 0.717) is 6.55 Å². The van der Waals surface area contributed by atoms with Crippen LogP contribution in [0.15, 0.2) is 25.3 Å². The van der Waals surface area contributed by atoms with E-state index in [9.17, 15) is 246 Å². The molecule has 600 valence electrons. The summed E-state index contributed by atoms with van der Waals surface area (Å²) in [6.45, 7) is -0.548. The largest absolute Gasteiger partial charge is 0.385 e. The fraction of sp³-hybridized carbons (Fsp3) is 0.892. The Morgan fingerprint density at radius 1 is 0.200 bits per heavy atom. The van der Waals surface area contributed by atoms with Crippen LogP contribution in [0.1, 0.15) is 12.8 Å². The Labute approximate surface area is 536 Å². The molecule has 100 heavy (non-hydrogen) atoms. The fourth-order valence-corrected chi connectivity index (χ4v) is 8.83. The van der Waals surface area contributed by atoms with Crippen LogP contribution in [0.2, 0.25) is 18.6 Å². The molecule has 0 aromatic heterocycles. The van der Waals surface area contributed by atoms with Crippen LogP contribution >= 0.6 is 55.4 Å². The number of hydrogen-bond donors (Lipinski definition) is 0. The van der Waals surface area contributed by atoms with Gasteiger partial charge >= 0.3 is 172 Å². The molecule has 0 nitrogen and oxygen atoms in total. The van der Waals surface area contributed by atoms with Gasteiger partial charge in [-0.25, -0.2) is 0 Å². The summed E-state index contributed by atoms with van der Waals surface area (Å²) < 4.78 is 768. The zero-order valence-corrected chi connectivity index (χ0v) is 50.2. The normalized spacial score (nSPS) is 16.9. The summed E-state index contributed by atoms with van der Waals surface area (Å²) in [5.41, 5.74) is 0. The zero-order valence-electron chi connectivity index (χ0n) is 44.5. The SMILES string of the molecule is C=CC(F)(F)C(F)(F)C(F)(F)C(F)(F)C(F)(F)C(F)(F)C(F)(F)C(F)(F)C(F)(F)C(F)(F)C(F)(F)C(F)(F)C(F)(F)C(F)(F)CC[Si](C)(Cl)Cl.C=CC(F)(F)C(F)(F)C(F)(F)C(F)(F)C(F)(F)C(F)(F)C(F)(F)C(F)(F)C(F)(F)C(F)(F)C(F)(F)C(F)(F)C(F)(F)C(F)(F)CC[Si](Cl)(Cl)Cl. The molecule has 0 radical (unpaired) electrons. The molecule has 0 unspecified atom stereocenters. The lowest BCUT2D eigenvalue weighted by atomic mass is 9.83. The van der Waals surface area contributed by atoms with Gasteiger partial charge in [0.05, 0.1) is 0 Å². The van der Waals surface area contributed by atoms with Crippen molar-refractivity contribution in [3.63, 3.8) is 0 Å². The van der Waals surface area contributed by atoms with Gasteiger partial charge in [-0.15, -0.1) is 55.4 Å². The molecule has 0 bridgehead atoms. The van der Waals surface area contributed by atoms with Crippen molar-refractivity contribution in [3.8, 4) is 0 Å². The Hall–Kier alpha value is -2.56. The predicted molar refractivity (Wildman–Crippen MR) is 224 cm³/mol. The molecular formula is C37H17Cl5F56Si2. The van der Waals surface area contributed by atoms with Crippen molar-refractivity contribution < 1.29 is 246 Å². The summed E-state index contributed by atoms with van der Waals surface area (Å²) in [7, 11) is 0. The molecule has 0 fully saturated rings. The minimum absolute atomic E-state index is 0.506. The lowest BCUT2D eigenvalue weighted by Crippen LogP contribution is -2.79. The minimum Gasteiger partial charge on any atom is -0.200 e. The summed E-state index contributed by atoms with van der Waals surface area (Å²) >= 11 is 24.9. The second-order valence-electron chi connectivity index (χ2n) is 19.5. The Kier molecular flexibility index (Phi) is 26.0. The van der Waals surface area contributed by atoms with Gasteiger partial charge in [-0.3, -0.25) is 0 Å². The topological polar surface area (TPSA) is 0 Å². The van der Waals surface area contributed by atoms with Crippen LogP contribution < -0.4 is 0 Å². The first-order valence-electron chi connectivity index (χ1n) is 22.3. The Morgan fingerprint density at radius 2 is 0.310 bits per heavy atom. The molecule has 0 aromatic carbocycles. The zero-order chi connectivity index (χ0) is 83.2. The van der Waals surface area contributed by atoms with Crippen LogP contribution in [-0.2, 0) is 0 Å². The minimum atomic E-state index is -9.88. The van der Waals surface area contributed by atoms with E-state index in [0.717, 1.165) is 0 Å². The van der Waals surface area contributed by atoms with Gasteiger partial charge in [0, 0.05) is 12.8 Å². The van der Waals surface area contributed by atoms with Crippen LogP contribution in [0.3, 0.4) is 0 Å². The Morgan fingerprint density at radius 3 is 0.420 bits per heavy atom. The third-order valence-corrected chi connectivity index (χ3v) is 17.3. The molecule has 0 saturated heterocycles. The van der Waals surface area contributed by atoms with Crippen LogP contribution in [0.5, 0.6) is 0 Å². The van der Waals surface area contributed by atoms with E-state index in [4.69, 9.17) is 55.4 Å². The van der Waals surface area contributed by atoms with E-state index in [-0.39, 0.29) is 0 Å². The summed E-state index contributed by atoms with van der Waals surface area (Å²) in [6.07, 6.45) is -9.75. The highest BCUT2D eigenvalue weighted by Crippen LogP contribution is 2.72. The van der Waals surface area contributed by atoms with E-state index >= 15 is 0 Å². The molecule has 0 N–H and O–H groups in total. The van der Waals surface area contributed by atoms with Gasteiger partial charge in [-0.05, 0) is 30.8 Å². The molecule has 0 aliphatic carbocycles. The molecule has 0 atom stereocenters. The van der Waals surface area contributed by atoms with Crippen molar-refractivity contribution in [1.29, 1.82) is 0 Å².